The molecule has 3 N–H and O–H groups in total. The Hall–Kier alpha value is -3.23. The van der Waals surface area contributed by atoms with Crippen LogP contribution in [0.2, 0.25) is 0 Å². The van der Waals surface area contributed by atoms with E-state index in [9.17, 15) is 4.79 Å². The summed E-state index contributed by atoms with van der Waals surface area (Å²) in [5.74, 6) is 0.553. The number of ether oxygens (including phenoxy) is 1. The number of pyridine rings is 1. The van der Waals surface area contributed by atoms with E-state index in [1.807, 2.05) is 38.1 Å². The van der Waals surface area contributed by atoms with E-state index < -0.39 is 0 Å². The van der Waals surface area contributed by atoms with E-state index in [0.29, 0.717) is 5.69 Å². The van der Waals surface area contributed by atoms with Gasteiger partial charge in [0.05, 0.1) is 6.17 Å². The molecule has 1 aliphatic rings. The van der Waals surface area contributed by atoms with Gasteiger partial charge in [0.15, 0.2) is 6.73 Å². The van der Waals surface area contributed by atoms with Gasteiger partial charge in [-0.25, -0.2) is 15.5 Å². The fourth-order valence-electron chi connectivity index (χ4n) is 3.41. The molecule has 1 fully saturated rings. The van der Waals surface area contributed by atoms with Crippen molar-refractivity contribution >= 4 is 5.91 Å². The highest BCUT2D eigenvalue weighted by molar-refractivity contribution is 5.92. The topological polar surface area (TPSA) is 93.1 Å². The molecule has 150 valence electrons. The molecule has 1 aromatic carbocycles. The quantitative estimate of drug-likeness (QED) is 0.596. The van der Waals surface area contributed by atoms with E-state index in [2.05, 4.69) is 32.3 Å². The normalized spacial score (nSPS) is 18.6. The van der Waals surface area contributed by atoms with E-state index in [1.165, 1.54) is 0 Å². The largest absolute Gasteiger partial charge is 0.471 e. The third-order valence-electron chi connectivity index (χ3n) is 4.75. The molecule has 2 unspecified atom stereocenters. The van der Waals surface area contributed by atoms with Crippen LogP contribution < -0.4 is 20.9 Å². The molecule has 4 rings (SSSR count). The van der Waals surface area contributed by atoms with E-state index in [1.54, 1.807) is 29.3 Å². The van der Waals surface area contributed by atoms with Crippen molar-refractivity contribution in [1.29, 1.82) is 0 Å². The lowest BCUT2D eigenvalue weighted by Crippen LogP contribution is -2.44. The summed E-state index contributed by atoms with van der Waals surface area (Å²) in [6, 6.07) is 11.8. The Balaban J connectivity index is 1.30. The second-order valence-electron chi connectivity index (χ2n) is 7.22. The minimum Gasteiger partial charge on any atom is -0.471 e. The van der Waals surface area contributed by atoms with Crippen LogP contribution in [0.25, 0.3) is 0 Å². The van der Waals surface area contributed by atoms with Gasteiger partial charge in [-0.2, -0.15) is 5.10 Å². The molecule has 1 saturated heterocycles. The smallest absolute Gasteiger partial charge is 0.273 e. The number of hydrazine groups is 1. The highest BCUT2D eigenvalue weighted by Gasteiger charge is 2.26. The molecule has 0 saturated carbocycles. The SMILES string of the molecule is Cc1cc(C)cc(OCn2ccc(C(=O)NC3CC(c4ccncc4)NN3)n2)c1. The number of rotatable bonds is 6. The number of carbonyl (C=O) groups is 1. The van der Waals surface area contributed by atoms with Gasteiger partial charge in [-0.05, 0) is 60.9 Å². The average Bonchev–Trinajstić information content (AvgIpc) is 3.36. The molecule has 8 nitrogen and oxygen atoms in total. The third kappa shape index (κ3) is 4.79. The van der Waals surface area contributed by atoms with Gasteiger partial charge >= 0.3 is 0 Å². The molecule has 0 radical (unpaired) electrons. The first-order valence-electron chi connectivity index (χ1n) is 9.53. The number of benzene rings is 1. The van der Waals surface area contributed by atoms with E-state index >= 15 is 0 Å². The first kappa shape index (κ1) is 19.1. The van der Waals surface area contributed by atoms with Crippen LogP contribution in [0.15, 0.2) is 55.0 Å². The summed E-state index contributed by atoms with van der Waals surface area (Å²) in [5.41, 5.74) is 10.1. The Morgan fingerprint density at radius 2 is 1.93 bits per heavy atom. The molecule has 1 aliphatic heterocycles. The van der Waals surface area contributed by atoms with E-state index in [-0.39, 0.29) is 24.8 Å². The molecule has 3 heterocycles. The molecule has 2 aromatic heterocycles. The second-order valence-corrected chi connectivity index (χ2v) is 7.22. The van der Waals surface area contributed by atoms with Crippen LogP contribution in [0.1, 0.15) is 39.6 Å². The van der Waals surface area contributed by atoms with Gasteiger partial charge in [-0.15, -0.1) is 0 Å². The van der Waals surface area contributed by atoms with Gasteiger partial charge in [0.25, 0.3) is 5.91 Å². The van der Waals surface area contributed by atoms with E-state index in [0.717, 1.165) is 28.9 Å². The Morgan fingerprint density at radius 1 is 1.17 bits per heavy atom. The van der Waals surface area contributed by atoms with Gasteiger partial charge in [-0.3, -0.25) is 9.78 Å². The van der Waals surface area contributed by atoms with Crippen molar-refractivity contribution in [2.45, 2.75) is 39.2 Å². The summed E-state index contributed by atoms with van der Waals surface area (Å²) in [7, 11) is 0. The Labute approximate surface area is 169 Å². The predicted molar refractivity (Wildman–Crippen MR) is 108 cm³/mol. The van der Waals surface area contributed by atoms with Gasteiger partial charge in [0.1, 0.15) is 11.4 Å². The van der Waals surface area contributed by atoms with Crippen molar-refractivity contribution in [3.63, 3.8) is 0 Å². The number of nitrogens with zero attached hydrogens (tertiary/aromatic N) is 3. The highest BCUT2D eigenvalue weighted by Crippen LogP contribution is 2.20. The molecule has 8 heteroatoms. The lowest BCUT2D eigenvalue weighted by molar-refractivity contribution is 0.0925. The molecule has 0 spiro atoms. The van der Waals surface area contributed by atoms with Crippen LogP contribution in [0.5, 0.6) is 5.75 Å². The van der Waals surface area contributed by atoms with Crippen molar-refractivity contribution in [1.82, 2.24) is 30.9 Å². The molecule has 1 amide bonds. The molecular weight excluding hydrogens is 368 g/mol. The molecule has 2 atom stereocenters. The average molecular weight is 392 g/mol. The lowest BCUT2D eigenvalue weighted by Gasteiger charge is -2.11. The van der Waals surface area contributed by atoms with Gasteiger partial charge in [0, 0.05) is 31.1 Å². The summed E-state index contributed by atoms with van der Waals surface area (Å²) in [6.45, 7) is 4.30. The zero-order chi connectivity index (χ0) is 20.2. The van der Waals surface area contributed by atoms with Crippen LogP contribution in [-0.4, -0.2) is 26.8 Å². The number of aryl methyl sites for hydroxylation is 2. The zero-order valence-electron chi connectivity index (χ0n) is 16.4. The maximum atomic E-state index is 12.5. The number of hydrogen-bond acceptors (Lipinski definition) is 6. The number of amides is 1. The van der Waals surface area contributed by atoms with Crippen LogP contribution in [0.4, 0.5) is 0 Å². The van der Waals surface area contributed by atoms with Crippen LogP contribution in [0.3, 0.4) is 0 Å². The van der Waals surface area contributed by atoms with Gasteiger partial charge < -0.3 is 10.1 Å². The maximum absolute atomic E-state index is 12.5. The number of nitrogens with one attached hydrogen (secondary N) is 3. The van der Waals surface area contributed by atoms with Crippen molar-refractivity contribution in [2.75, 3.05) is 0 Å². The summed E-state index contributed by atoms with van der Waals surface area (Å²) in [5, 5.41) is 7.26. The van der Waals surface area contributed by atoms with Gasteiger partial charge in [0.2, 0.25) is 0 Å². The highest BCUT2D eigenvalue weighted by atomic mass is 16.5. The summed E-state index contributed by atoms with van der Waals surface area (Å²) >= 11 is 0. The standard InChI is InChI=1S/C21H24N6O2/c1-14-9-15(2)11-17(10-14)29-13-27-8-5-18(26-27)21(28)23-20-12-19(24-25-20)16-3-6-22-7-4-16/h3-11,19-20,24-25H,12-13H2,1-2H3,(H,23,28). The van der Waals surface area contributed by atoms with Crippen molar-refractivity contribution < 1.29 is 9.53 Å². The summed E-state index contributed by atoms with van der Waals surface area (Å²) < 4.78 is 7.39. The number of hydrogen-bond donors (Lipinski definition) is 3. The molecular formula is C21H24N6O2. The Bertz CT molecular complexity index is 968. The Kier molecular flexibility index (Phi) is 5.55. The van der Waals surface area contributed by atoms with E-state index in [4.69, 9.17) is 4.74 Å². The van der Waals surface area contributed by atoms with Crippen LogP contribution in [0, 0.1) is 13.8 Å². The first-order chi connectivity index (χ1) is 14.1. The minimum atomic E-state index is -0.232. The second kappa shape index (κ2) is 8.42. The van der Waals surface area contributed by atoms with Crippen molar-refractivity contribution in [3.05, 3.63) is 77.4 Å². The number of carbonyl (C=O) groups excluding carboxylic acids is 1. The summed E-state index contributed by atoms with van der Waals surface area (Å²) in [6.07, 6.45) is 5.80. The fourth-order valence-corrected chi connectivity index (χ4v) is 3.41. The zero-order valence-corrected chi connectivity index (χ0v) is 16.4. The van der Waals surface area contributed by atoms with Crippen LogP contribution in [-0.2, 0) is 6.73 Å². The first-order valence-corrected chi connectivity index (χ1v) is 9.53. The van der Waals surface area contributed by atoms with Crippen molar-refractivity contribution in [3.8, 4) is 5.75 Å². The van der Waals surface area contributed by atoms with Gasteiger partial charge in [-0.1, -0.05) is 6.07 Å². The molecule has 29 heavy (non-hydrogen) atoms. The third-order valence-corrected chi connectivity index (χ3v) is 4.75. The maximum Gasteiger partial charge on any atom is 0.273 e. The van der Waals surface area contributed by atoms with Crippen molar-refractivity contribution in [2.24, 2.45) is 0 Å². The predicted octanol–water partition coefficient (Wildman–Crippen LogP) is 2.23. The lowest BCUT2D eigenvalue weighted by atomic mass is 10.1. The monoisotopic (exact) mass is 392 g/mol. The molecule has 3 aromatic rings. The molecule has 0 aliphatic carbocycles. The fraction of sp³-hybridized carbons (Fsp3) is 0.286. The van der Waals surface area contributed by atoms with Crippen LogP contribution >= 0.6 is 0 Å². The molecule has 0 bridgehead atoms. The summed E-state index contributed by atoms with van der Waals surface area (Å²) in [4.78, 5) is 16.5. The Morgan fingerprint density at radius 3 is 2.69 bits per heavy atom. The minimum absolute atomic E-state index is 0.118. The number of aromatic nitrogens is 3.